The number of fused-ring (bicyclic) bond motifs is 2. The number of hydrogen-bond acceptors (Lipinski definition) is 4. The van der Waals surface area contributed by atoms with Crippen molar-refractivity contribution in [3.63, 3.8) is 0 Å². The maximum Gasteiger partial charge on any atom is 0.257 e. The van der Waals surface area contributed by atoms with E-state index in [4.69, 9.17) is 0 Å². The molecule has 33 heavy (non-hydrogen) atoms. The second-order valence-corrected chi connectivity index (χ2v) is 9.80. The Hall–Kier alpha value is -2.86. The summed E-state index contributed by atoms with van der Waals surface area (Å²) >= 11 is 0. The van der Waals surface area contributed by atoms with Crippen molar-refractivity contribution in [2.45, 2.75) is 44.6 Å². The number of piperazine rings is 1. The molecule has 0 bridgehead atoms. The van der Waals surface area contributed by atoms with E-state index in [1.54, 1.807) is 10.7 Å². The summed E-state index contributed by atoms with van der Waals surface area (Å²) in [6.45, 7) is 5.64. The van der Waals surface area contributed by atoms with Gasteiger partial charge in [-0.15, -0.1) is 0 Å². The molecule has 0 N–H and O–H groups in total. The van der Waals surface area contributed by atoms with Gasteiger partial charge in [-0.05, 0) is 61.1 Å². The number of benzene rings is 1. The van der Waals surface area contributed by atoms with E-state index >= 15 is 0 Å². The van der Waals surface area contributed by atoms with E-state index in [2.05, 4.69) is 33.1 Å². The van der Waals surface area contributed by atoms with Crippen molar-refractivity contribution >= 4 is 17.1 Å². The fourth-order valence-electron chi connectivity index (χ4n) is 6.00. The predicted octanol–water partition coefficient (Wildman–Crippen LogP) is 3.64. The minimum absolute atomic E-state index is 0.0878. The highest BCUT2D eigenvalue weighted by molar-refractivity contribution is 6.00. The van der Waals surface area contributed by atoms with Crippen molar-refractivity contribution in [1.82, 2.24) is 19.4 Å². The first-order chi connectivity index (χ1) is 16.3. The Morgan fingerprint density at radius 1 is 0.879 bits per heavy atom. The lowest BCUT2D eigenvalue weighted by Gasteiger charge is -2.36. The largest absolute Gasteiger partial charge is 0.368 e. The zero-order chi connectivity index (χ0) is 22.2. The summed E-state index contributed by atoms with van der Waals surface area (Å²) in [5, 5.41) is 4.33. The lowest BCUT2D eigenvalue weighted by Crippen LogP contribution is -2.48. The SMILES string of the molecule is O=C(c1cnn2ccccc12)N1CCN(c2ccc3c(c2)CCN(C2CCCC2)CC3)CC1. The third kappa shape index (κ3) is 4.01. The molecular weight excluding hydrogens is 410 g/mol. The van der Waals surface area contributed by atoms with Crippen LogP contribution < -0.4 is 4.90 Å². The maximum atomic E-state index is 13.1. The molecular formula is C27H33N5O. The molecule has 1 saturated carbocycles. The number of nitrogens with zero attached hydrogens (tertiary/aromatic N) is 5. The number of anilines is 1. The van der Waals surface area contributed by atoms with Crippen molar-refractivity contribution < 1.29 is 4.79 Å². The van der Waals surface area contributed by atoms with Crippen LogP contribution in [0.2, 0.25) is 0 Å². The van der Waals surface area contributed by atoms with E-state index < -0.39 is 0 Å². The lowest BCUT2D eigenvalue weighted by atomic mass is 10.0. The maximum absolute atomic E-state index is 13.1. The van der Waals surface area contributed by atoms with E-state index in [-0.39, 0.29) is 5.91 Å². The molecule has 2 fully saturated rings. The molecule has 6 nitrogen and oxygen atoms in total. The zero-order valence-electron chi connectivity index (χ0n) is 19.3. The Balaban J connectivity index is 1.11. The first-order valence-electron chi connectivity index (χ1n) is 12.6. The third-order valence-corrected chi connectivity index (χ3v) is 7.96. The normalized spacial score (nSPS) is 20.2. The van der Waals surface area contributed by atoms with Crippen molar-refractivity contribution in [3.8, 4) is 0 Å². The Morgan fingerprint density at radius 2 is 1.67 bits per heavy atom. The molecule has 3 aliphatic rings. The number of rotatable bonds is 3. The van der Waals surface area contributed by atoms with Gasteiger partial charge < -0.3 is 9.80 Å². The average Bonchev–Trinajstić information content (AvgIpc) is 3.50. The van der Waals surface area contributed by atoms with Crippen LogP contribution in [0.5, 0.6) is 0 Å². The summed E-state index contributed by atoms with van der Waals surface area (Å²) in [7, 11) is 0. The van der Waals surface area contributed by atoms with Gasteiger partial charge in [-0.1, -0.05) is 25.0 Å². The standard InChI is InChI=1S/C27H33N5O/c33-27(25-20-28-32-12-4-3-7-26(25)32)31-17-15-30(16-18-31)24-9-8-21-10-13-29(14-11-22(21)19-24)23-5-1-2-6-23/h3-4,7-9,12,19-20,23H,1-2,5-6,10-11,13-18H2. The highest BCUT2D eigenvalue weighted by Gasteiger charge is 2.27. The Labute approximate surface area is 195 Å². The van der Waals surface area contributed by atoms with Gasteiger partial charge in [-0.3, -0.25) is 9.69 Å². The Bertz CT molecular complexity index is 1140. The quantitative estimate of drug-likeness (QED) is 0.620. The van der Waals surface area contributed by atoms with E-state index in [0.29, 0.717) is 5.56 Å². The van der Waals surface area contributed by atoms with Crippen molar-refractivity contribution in [2.75, 3.05) is 44.2 Å². The molecule has 4 heterocycles. The molecule has 0 atom stereocenters. The van der Waals surface area contributed by atoms with E-state index in [1.807, 2.05) is 29.3 Å². The highest BCUT2D eigenvalue weighted by Crippen LogP contribution is 2.28. The summed E-state index contributed by atoms with van der Waals surface area (Å²) in [6, 6.07) is 13.7. The van der Waals surface area contributed by atoms with Crippen LogP contribution >= 0.6 is 0 Å². The number of aromatic nitrogens is 2. The van der Waals surface area contributed by atoms with Crippen molar-refractivity contribution in [2.24, 2.45) is 0 Å². The Kier molecular flexibility index (Phi) is 5.54. The molecule has 1 aliphatic carbocycles. The molecule has 0 spiro atoms. The van der Waals surface area contributed by atoms with E-state index in [0.717, 1.165) is 44.2 Å². The fourth-order valence-corrected chi connectivity index (χ4v) is 6.00. The van der Waals surface area contributed by atoms with E-state index in [9.17, 15) is 4.79 Å². The topological polar surface area (TPSA) is 44.1 Å². The lowest BCUT2D eigenvalue weighted by molar-refractivity contribution is 0.0748. The number of amides is 1. The van der Waals surface area contributed by atoms with Gasteiger partial charge in [-0.2, -0.15) is 5.10 Å². The minimum atomic E-state index is 0.0878. The van der Waals surface area contributed by atoms with Gasteiger partial charge in [0.2, 0.25) is 0 Å². The molecule has 0 radical (unpaired) electrons. The van der Waals surface area contributed by atoms with Crippen LogP contribution in [0, 0.1) is 0 Å². The van der Waals surface area contributed by atoms with Gasteiger partial charge in [0, 0.05) is 57.2 Å². The van der Waals surface area contributed by atoms with Crippen molar-refractivity contribution in [3.05, 3.63) is 65.5 Å². The molecule has 1 saturated heterocycles. The summed E-state index contributed by atoms with van der Waals surface area (Å²) in [6.07, 6.45) is 11.5. The molecule has 2 aliphatic heterocycles. The van der Waals surface area contributed by atoms with Crippen LogP contribution in [0.4, 0.5) is 5.69 Å². The molecule has 2 aromatic heterocycles. The molecule has 6 heteroatoms. The van der Waals surface area contributed by atoms with Gasteiger partial charge in [0.25, 0.3) is 5.91 Å². The van der Waals surface area contributed by atoms with Gasteiger partial charge in [0.1, 0.15) is 0 Å². The van der Waals surface area contributed by atoms with E-state index in [1.165, 1.54) is 62.0 Å². The molecule has 1 aromatic carbocycles. The molecule has 3 aromatic rings. The van der Waals surface area contributed by atoms with Crippen LogP contribution in [-0.4, -0.2) is 70.6 Å². The van der Waals surface area contributed by atoms with Crippen LogP contribution in [0.25, 0.3) is 5.52 Å². The molecule has 1 amide bonds. The smallest absolute Gasteiger partial charge is 0.257 e. The zero-order valence-corrected chi connectivity index (χ0v) is 19.3. The second-order valence-electron chi connectivity index (χ2n) is 9.80. The van der Waals surface area contributed by atoms with Crippen molar-refractivity contribution in [1.29, 1.82) is 0 Å². The van der Waals surface area contributed by atoms with Gasteiger partial charge >= 0.3 is 0 Å². The summed E-state index contributed by atoms with van der Waals surface area (Å²) in [5.74, 6) is 0.0878. The van der Waals surface area contributed by atoms with Gasteiger partial charge in [0.05, 0.1) is 17.3 Å². The molecule has 6 rings (SSSR count). The average molecular weight is 444 g/mol. The second kappa shape index (κ2) is 8.82. The van der Waals surface area contributed by atoms with Crippen LogP contribution in [0.3, 0.4) is 0 Å². The summed E-state index contributed by atoms with van der Waals surface area (Å²) < 4.78 is 1.77. The highest BCUT2D eigenvalue weighted by atomic mass is 16.2. The molecule has 172 valence electrons. The third-order valence-electron chi connectivity index (χ3n) is 7.96. The number of carbonyl (C=O) groups is 1. The first-order valence-corrected chi connectivity index (χ1v) is 12.6. The van der Waals surface area contributed by atoms with Crippen LogP contribution in [-0.2, 0) is 12.8 Å². The number of pyridine rings is 1. The monoisotopic (exact) mass is 443 g/mol. The first kappa shape index (κ1) is 20.7. The fraction of sp³-hybridized carbons (Fsp3) is 0.481. The van der Waals surface area contributed by atoms with Crippen LogP contribution in [0.1, 0.15) is 47.2 Å². The Morgan fingerprint density at radius 3 is 2.48 bits per heavy atom. The summed E-state index contributed by atoms with van der Waals surface area (Å²) in [4.78, 5) is 20.3. The predicted molar refractivity (Wildman–Crippen MR) is 131 cm³/mol. The van der Waals surface area contributed by atoms with Gasteiger partial charge in [0.15, 0.2) is 0 Å². The molecule has 0 unspecified atom stereocenters. The number of hydrogen-bond donors (Lipinski definition) is 0. The number of carbonyl (C=O) groups excluding carboxylic acids is 1. The van der Waals surface area contributed by atoms with Gasteiger partial charge in [-0.25, -0.2) is 4.52 Å². The van der Waals surface area contributed by atoms with Crippen LogP contribution in [0.15, 0.2) is 48.8 Å². The summed E-state index contributed by atoms with van der Waals surface area (Å²) in [5.41, 5.74) is 5.94. The minimum Gasteiger partial charge on any atom is -0.368 e.